The number of aromatic hydroxyl groups is 1. The van der Waals surface area contributed by atoms with Crippen molar-refractivity contribution < 1.29 is 19.4 Å². The van der Waals surface area contributed by atoms with Crippen molar-refractivity contribution >= 4 is 17.4 Å². The van der Waals surface area contributed by atoms with Crippen molar-refractivity contribution in [3.05, 3.63) is 47.3 Å². The lowest BCUT2D eigenvalue weighted by molar-refractivity contribution is -0.140. The number of piperazine rings is 1. The van der Waals surface area contributed by atoms with Crippen LogP contribution in [0.3, 0.4) is 0 Å². The summed E-state index contributed by atoms with van der Waals surface area (Å²) < 4.78 is 6.81. The summed E-state index contributed by atoms with van der Waals surface area (Å²) >= 11 is 0. The maximum absolute atomic E-state index is 12.9. The molecule has 1 N–H and O–H groups in total. The number of carbonyl (C=O) groups is 2. The Morgan fingerprint density at radius 1 is 1.07 bits per heavy atom. The topological polar surface area (TPSA) is 75.0 Å². The number of phenols is 1. The van der Waals surface area contributed by atoms with Crippen molar-refractivity contribution in [2.45, 2.75) is 33.2 Å². The van der Waals surface area contributed by atoms with E-state index in [2.05, 4.69) is 14.4 Å². The number of anilines is 1. The van der Waals surface area contributed by atoms with Crippen molar-refractivity contribution in [2.75, 3.05) is 44.7 Å². The zero-order chi connectivity index (χ0) is 21.7. The minimum atomic E-state index is -0.208. The van der Waals surface area contributed by atoms with Gasteiger partial charge in [-0.05, 0) is 50.6 Å². The number of aryl methyl sites for hydroxylation is 1. The van der Waals surface area contributed by atoms with Crippen molar-refractivity contribution in [3.63, 3.8) is 0 Å². The summed E-state index contributed by atoms with van der Waals surface area (Å²) in [6.07, 6.45) is 1.07. The fourth-order valence-corrected chi connectivity index (χ4v) is 4.03. The number of methoxy groups -OCH3 is 1. The first-order chi connectivity index (χ1) is 14.4. The number of carbonyl (C=O) groups excluding carboxylic acids is 2. The minimum absolute atomic E-state index is 0.139. The normalized spacial score (nSPS) is 14.7. The van der Waals surface area contributed by atoms with Crippen LogP contribution in [-0.2, 0) is 16.1 Å². The van der Waals surface area contributed by atoms with E-state index >= 15 is 0 Å². The van der Waals surface area contributed by atoms with Crippen molar-refractivity contribution in [1.82, 2.24) is 9.47 Å². The molecule has 0 bridgehead atoms. The molecule has 1 aromatic heterocycles. The number of hydrogen-bond acceptors (Lipinski definition) is 6. The van der Waals surface area contributed by atoms with Gasteiger partial charge < -0.3 is 19.3 Å². The molecule has 1 fully saturated rings. The molecule has 2 aromatic rings. The Morgan fingerprint density at radius 2 is 1.73 bits per heavy atom. The van der Waals surface area contributed by atoms with Crippen LogP contribution in [-0.4, -0.2) is 66.2 Å². The van der Waals surface area contributed by atoms with E-state index in [0.29, 0.717) is 25.9 Å². The van der Waals surface area contributed by atoms with E-state index in [1.807, 2.05) is 32.0 Å². The van der Waals surface area contributed by atoms with Crippen LogP contribution in [0.2, 0.25) is 0 Å². The van der Waals surface area contributed by atoms with E-state index in [4.69, 9.17) is 4.74 Å². The van der Waals surface area contributed by atoms with Crippen LogP contribution in [0.4, 0.5) is 5.69 Å². The van der Waals surface area contributed by atoms with Crippen LogP contribution >= 0.6 is 0 Å². The maximum Gasteiger partial charge on any atom is 0.305 e. The first-order valence-corrected chi connectivity index (χ1v) is 10.4. The molecule has 3 rings (SSSR count). The fraction of sp³-hybridized carbons (Fsp3) is 0.478. The molecule has 0 atom stereocenters. The Kier molecular flexibility index (Phi) is 7.15. The quantitative estimate of drug-likeness (QED) is 0.530. The third kappa shape index (κ3) is 5.21. The van der Waals surface area contributed by atoms with Gasteiger partial charge in [-0.2, -0.15) is 0 Å². The second-order valence-electron chi connectivity index (χ2n) is 7.82. The molecule has 0 saturated carbocycles. The summed E-state index contributed by atoms with van der Waals surface area (Å²) in [4.78, 5) is 28.7. The molecule has 0 radical (unpaired) electrons. The van der Waals surface area contributed by atoms with Gasteiger partial charge in [0.25, 0.3) is 0 Å². The predicted molar refractivity (Wildman–Crippen MR) is 116 cm³/mol. The lowest BCUT2D eigenvalue weighted by atomic mass is 10.1. The Morgan fingerprint density at radius 3 is 2.37 bits per heavy atom. The molecule has 1 aliphatic heterocycles. The lowest BCUT2D eigenvalue weighted by Crippen LogP contribution is -2.48. The van der Waals surface area contributed by atoms with Gasteiger partial charge in [0.2, 0.25) is 0 Å². The van der Waals surface area contributed by atoms with E-state index in [-0.39, 0.29) is 17.5 Å². The van der Waals surface area contributed by atoms with Crippen LogP contribution in [0.5, 0.6) is 5.75 Å². The number of Topliss-reactive ketones (excluding diaryl/α,β-unsaturated/α-hetero) is 1. The van der Waals surface area contributed by atoms with Gasteiger partial charge >= 0.3 is 5.97 Å². The first kappa shape index (κ1) is 21.9. The lowest BCUT2D eigenvalue weighted by Gasteiger charge is -2.35. The number of hydrogen-bond donors (Lipinski definition) is 1. The summed E-state index contributed by atoms with van der Waals surface area (Å²) in [5.74, 6) is 0.200. The SMILES string of the molecule is COC(=O)CCCn1c(C)cc(C(=O)CN2CCN(c3ccc(O)cc3)CC2)c1C. The summed E-state index contributed by atoms with van der Waals surface area (Å²) in [6, 6.07) is 9.21. The average molecular weight is 414 g/mol. The third-order valence-corrected chi connectivity index (χ3v) is 5.82. The number of benzene rings is 1. The fourth-order valence-electron chi connectivity index (χ4n) is 4.03. The summed E-state index contributed by atoms with van der Waals surface area (Å²) in [7, 11) is 1.40. The van der Waals surface area contributed by atoms with Gasteiger partial charge in [0.1, 0.15) is 5.75 Å². The summed E-state index contributed by atoms with van der Waals surface area (Å²) in [6.45, 7) is 8.44. The zero-order valence-corrected chi connectivity index (χ0v) is 18.1. The van der Waals surface area contributed by atoms with E-state index in [1.165, 1.54) is 7.11 Å². The van der Waals surface area contributed by atoms with Crippen molar-refractivity contribution in [3.8, 4) is 5.75 Å². The smallest absolute Gasteiger partial charge is 0.305 e. The number of aromatic nitrogens is 1. The Bertz CT molecular complexity index is 881. The van der Waals surface area contributed by atoms with Crippen LogP contribution < -0.4 is 4.90 Å². The molecule has 1 saturated heterocycles. The molecule has 0 spiro atoms. The number of rotatable bonds is 8. The predicted octanol–water partition coefficient (Wildman–Crippen LogP) is 2.77. The number of ketones is 1. The van der Waals surface area contributed by atoms with Gasteiger partial charge in [-0.3, -0.25) is 14.5 Å². The monoisotopic (exact) mass is 413 g/mol. The Balaban J connectivity index is 1.54. The minimum Gasteiger partial charge on any atom is -0.508 e. The highest BCUT2D eigenvalue weighted by molar-refractivity contribution is 5.99. The highest BCUT2D eigenvalue weighted by Gasteiger charge is 2.22. The number of phenolic OH excluding ortho intramolecular Hbond substituents is 1. The van der Waals surface area contributed by atoms with Gasteiger partial charge in [0.05, 0.1) is 13.7 Å². The highest BCUT2D eigenvalue weighted by Crippen LogP contribution is 2.21. The van der Waals surface area contributed by atoms with Crippen LogP contribution in [0.15, 0.2) is 30.3 Å². The summed E-state index contributed by atoms with van der Waals surface area (Å²) in [5.41, 5.74) is 3.86. The van der Waals surface area contributed by atoms with E-state index in [9.17, 15) is 14.7 Å². The molecule has 2 heterocycles. The van der Waals surface area contributed by atoms with Gasteiger partial charge in [-0.15, -0.1) is 0 Å². The van der Waals surface area contributed by atoms with Gasteiger partial charge in [0.15, 0.2) is 5.78 Å². The highest BCUT2D eigenvalue weighted by atomic mass is 16.5. The Hall–Kier alpha value is -2.80. The standard InChI is InChI=1S/C23H31N3O4/c1-17-15-21(18(2)26(17)10-4-5-23(29)30-3)22(28)16-24-11-13-25(14-12-24)19-6-8-20(27)9-7-19/h6-9,15,27H,4-5,10-14,16H2,1-3H3. The number of nitrogens with zero attached hydrogens (tertiary/aromatic N) is 3. The average Bonchev–Trinajstić information content (AvgIpc) is 3.03. The molecule has 162 valence electrons. The second-order valence-corrected chi connectivity index (χ2v) is 7.82. The maximum atomic E-state index is 12.9. The Labute approximate surface area is 177 Å². The third-order valence-electron chi connectivity index (χ3n) is 5.82. The first-order valence-electron chi connectivity index (χ1n) is 10.4. The van der Waals surface area contributed by atoms with Crippen molar-refractivity contribution in [1.29, 1.82) is 0 Å². The second kappa shape index (κ2) is 9.80. The molecule has 1 aliphatic rings. The molecule has 0 aliphatic carbocycles. The van der Waals surface area contributed by atoms with Crippen molar-refractivity contribution in [2.24, 2.45) is 0 Å². The van der Waals surface area contributed by atoms with E-state index in [0.717, 1.165) is 48.8 Å². The molecule has 0 unspecified atom stereocenters. The van der Waals surface area contributed by atoms with E-state index < -0.39 is 0 Å². The van der Waals surface area contributed by atoms with Gasteiger partial charge in [-0.1, -0.05) is 0 Å². The van der Waals surface area contributed by atoms with Crippen LogP contribution in [0, 0.1) is 13.8 Å². The van der Waals surface area contributed by atoms with Crippen LogP contribution in [0.1, 0.15) is 34.6 Å². The largest absolute Gasteiger partial charge is 0.508 e. The number of esters is 1. The molecule has 30 heavy (non-hydrogen) atoms. The molecular formula is C23H31N3O4. The number of ether oxygens (including phenoxy) is 1. The zero-order valence-electron chi connectivity index (χ0n) is 18.1. The molecular weight excluding hydrogens is 382 g/mol. The van der Waals surface area contributed by atoms with Gasteiger partial charge in [0, 0.05) is 61.8 Å². The molecule has 7 heteroatoms. The molecule has 0 amide bonds. The van der Waals surface area contributed by atoms with Crippen LogP contribution in [0.25, 0.3) is 0 Å². The van der Waals surface area contributed by atoms with E-state index in [1.54, 1.807) is 12.1 Å². The van der Waals surface area contributed by atoms with Gasteiger partial charge in [-0.25, -0.2) is 0 Å². The summed E-state index contributed by atoms with van der Waals surface area (Å²) in [5, 5.41) is 9.44. The molecule has 1 aromatic carbocycles. The molecule has 7 nitrogen and oxygen atoms in total.